The number of nitrogens with zero attached hydrogens (tertiary/aromatic N) is 5. The Morgan fingerprint density at radius 3 is 2.56 bits per heavy atom. The van der Waals surface area contributed by atoms with Gasteiger partial charge in [-0.05, 0) is 31.9 Å². The lowest BCUT2D eigenvalue weighted by Gasteiger charge is -2.34. The van der Waals surface area contributed by atoms with Gasteiger partial charge in [-0.1, -0.05) is 11.8 Å². The molecule has 1 aliphatic carbocycles. The fraction of sp³-hybridized carbons (Fsp3) is 0.556. The second-order valence-electron chi connectivity index (χ2n) is 6.80. The third-order valence-electron chi connectivity index (χ3n) is 4.98. The molecule has 0 N–H and O–H groups in total. The summed E-state index contributed by atoms with van der Waals surface area (Å²) in [5, 5.41) is 9.40. The van der Waals surface area contributed by atoms with Gasteiger partial charge in [0.15, 0.2) is 10.9 Å². The number of hydrogen-bond acceptors (Lipinski definition) is 6. The second-order valence-corrected chi connectivity index (χ2v) is 7.74. The molecular formula is C18H23N5O3S. The largest absolute Gasteiger partial charge is 0.459 e. The van der Waals surface area contributed by atoms with Gasteiger partial charge in [-0.3, -0.25) is 9.59 Å². The van der Waals surface area contributed by atoms with Crippen molar-refractivity contribution < 1.29 is 14.0 Å². The van der Waals surface area contributed by atoms with E-state index in [2.05, 4.69) is 21.7 Å². The van der Waals surface area contributed by atoms with Crippen molar-refractivity contribution in [3.05, 3.63) is 30.0 Å². The van der Waals surface area contributed by atoms with Crippen LogP contribution in [0.2, 0.25) is 0 Å². The highest BCUT2D eigenvalue weighted by molar-refractivity contribution is 7.99. The summed E-state index contributed by atoms with van der Waals surface area (Å²) in [6.45, 7) is 5.03. The summed E-state index contributed by atoms with van der Waals surface area (Å²) in [4.78, 5) is 28.4. The molecule has 0 unspecified atom stereocenters. The molecule has 1 saturated carbocycles. The highest BCUT2D eigenvalue weighted by atomic mass is 32.2. The number of hydrogen-bond donors (Lipinski definition) is 0. The minimum absolute atomic E-state index is 0.0729. The monoisotopic (exact) mass is 389 g/mol. The Morgan fingerprint density at radius 1 is 1.19 bits per heavy atom. The van der Waals surface area contributed by atoms with Gasteiger partial charge in [0.05, 0.1) is 12.0 Å². The number of carbonyl (C=O) groups excluding carboxylic acids is 2. The van der Waals surface area contributed by atoms with E-state index in [0.29, 0.717) is 43.6 Å². The molecule has 0 aromatic carbocycles. The van der Waals surface area contributed by atoms with Gasteiger partial charge in [0.1, 0.15) is 5.82 Å². The van der Waals surface area contributed by atoms with Gasteiger partial charge in [0, 0.05) is 38.6 Å². The fourth-order valence-electron chi connectivity index (χ4n) is 3.28. The smallest absolute Gasteiger partial charge is 0.289 e. The lowest BCUT2D eigenvalue weighted by atomic mass is 10.3. The van der Waals surface area contributed by atoms with Crippen molar-refractivity contribution in [2.24, 2.45) is 0 Å². The van der Waals surface area contributed by atoms with E-state index in [9.17, 15) is 9.59 Å². The molecule has 0 bridgehead atoms. The first-order valence-corrected chi connectivity index (χ1v) is 10.3. The summed E-state index contributed by atoms with van der Waals surface area (Å²) in [6.07, 6.45) is 3.86. The second kappa shape index (κ2) is 7.75. The Labute approximate surface area is 161 Å². The molecule has 9 heteroatoms. The molecule has 8 nitrogen and oxygen atoms in total. The predicted molar refractivity (Wildman–Crippen MR) is 99.6 cm³/mol. The molecule has 1 saturated heterocycles. The summed E-state index contributed by atoms with van der Waals surface area (Å²) >= 11 is 1.45. The van der Waals surface area contributed by atoms with Crippen LogP contribution in [0.5, 0.6) is 0 Å². The molecule has 0 spiro atoms. The van der Waals surface area contributed by atoms with Gasteiger partial charge in [0.2, 0.25) is 5.91 Å². The maximum Gasteiger partial charge on any atom is 0.289 e. The lowest BCUT2D eigenvalue weighted by molar-refractivity contribution is -0.129. The molecule has 144 valence electrons. The third-order valence-corrected chi connectivity index (χ3v) is 5.93. The highest BCUT2D eigenvalue weighted by Crippen LogP contribution is 2.39. The number of carbonyl (C=O) groups is 2. The Morgan fingerprint density at radius 2 is 1.93 bits per heavy atom. The summed E-state index contributed by atoms with van der Waals surface area (Å²) in [6, 6.07) is 3.37. The number of piperazine rings is 1. The van der Waals surface area contributed by atoms with Crippen molar-refractivity contribution >= 4 is 23.6 Å². The number of aromatic nitrogens is 3. The summed E-state index contributed by atoms with van der Waals surface area (Å²) < 4.78 is 7.29. The van der Waals surface area contributed by atoms with Crippen molar-refractivity contribution in [3.63, 3.8) is 0 Å². The molecular weight excluding hydrogens is 366 g/mol. The van der Waals surface area contributed by atoms with E-state index in [1.165, 1.54) is 30.9 Å². The molecule has 2 aliphatic rings. The third kappa shape index (κ3) is 3.87. The standard InChI is InChI=1S/C18H23N5O3S/c1-2-23-16(13-5-6-13)19-20-18(23)27-12-15(24)21-7-9-22(10-8-21)17(25)14-4-3-11-26-14/h3-4,11,13H,2,5-10,12H2,1H3. The molecule has 1 aliphatic heterocycles. The van der Waals surface area contributed by atoms with E-state index in [-0.39, 0.29) is 11.8 Å². The number of rotatable bonds is 6. The molecule has 27 heavy (non-hydrogen) atoms. The van der Waals surface area contributed by atoms with Crippen LogP contribution in [0.3, 0.4) is 0 Å². The molecule has 4 rings (SSSR count). The zero-order valence-corrected chi connectivity index (χ0v) is 16.2. The summed E-state index contributed by atoms with van der Waals surface area (Å²) in [5.74, 6) is 2.24. The van der Waals surface area contributed by atoms with Crippen LogP contribution in [0.1, 0.15) is 42.1 Å². The van der Waals surface area contributed by atoms with E-state index in [0.717, 1.165) is 17.5 Å². The van der Waals surface area contributed by atoms with E-state index in [4.69, 9.17) is 4.42 Å². The van der Waals surface area contributed by atoms with Crippen molar-refractivity contribution in [2.45, 2.75) is 37.4 Å². The first-order valence-electron chi connectivity index (χ1n) is 9.33. The first kappa shape index (κ1) is 18.1. The summed E-state index contributed by atoms with van der Waals surface area (Å²) in [5.41, 5.74) is 0. The van der Waals surface area contributed by atoms with Crippen LogP contribution < -0.4 is 0 Å². The first-order chi connectivity index (χ1) is 13.2. The zero-order valence-electron chi connectivity index (χ0n) is 15.3. The van der Waals surface area contributed by atoms with Gasteiger partial charge in [-0.2, -0.15) is 0 Å². The quantitative estimate of drug-likeness (QED) is 0.701. The Hall–Kier alpha value is -2.29. The van der Waals surface area contributed by atoms with Crippen molar-refractivity contribution in [2.75, 3.05) is 31.9 Å². The molecule has 0 radical (unpaired) electrons. The molecule has 2 amide bonds. The number of amides is 2. The van der Waals surface area contributed by atoms with Crippen LogP contribution in [0.25, 0.3) is 0 Å². The Bertz CT molecular complexity index is 807. The van der Waals surface area contributed by atoms with Crippen LogP contribution in [0.4, 0.5) is 0 Å². The van der Waals surface area contributed by atoms with E-state index < -0.39 is 0 Å². The van der Waals surface area contributed by atoms with Crippen LogP contribution in [0, 0.1) is 0 Å². The van der Waals surface area contributed by atoms with Crippen LogP contribution in [-0.4, -0.2) is 68.3 Å². The van der Waals surface area contributed by atoms with Crippen molar-refractivity contribution in [3.8, 4) is 0 Å². The van der Waals surface area contributed by atoms with E-state index in [1.54, 1.807) is 17.0 Å². The molecule has 0 atom stereocenters. The van der Waals surface area contributed by atoms with Gasteiger partial charge < -0.3 is 18.8 Å². The van der Waals surface area contributed by atoms with Crippen LogP contribution in [0.15, 0.2) is 28.0 Å². The maximum atomic E-state index is 12.6. The predicted octanol–water partition coefficient (Wildman–Crippen LogP) is 1.85. The van der Waals surface area contributed by atoms with Crippen molar-refractivity contribution in [1.29, 1.82) is 0 Å². The molecule has 2 aromatic rings. The lowest BCUT2D eigenvalue weighted by Crippen LogP contribution is -2.51. The maximum absolute atomic E-state index is 12.6. The average molecular weight is 389 g/mol. The fourth-order valence-corrected chi connectivity index (χ4v) is 4.19. The van der Waals surface area contributed by atoms with Gasteiger partial charge in [-0.25, -0.2) is 0 Å². The van der Waals surface area contributed by atoms with Crippen molar-refractivity contribution in [1.82, 2.24) is 24.6 Å². The Balaban J connectivity index is 1.28. The van der Waals surface area contributed by atoms with E-state index >= 15 is 0 Å². The minimum atomic E-state index is -0.120. The van der Waals surface area contributed by atoms with Gasteiger partial charge in [0.25, 0.3) is 5.91 Å². The molecule has 2 aromatic heterocycles. The normalized spacial score (nSPS) is 17.4. The Kier molecular flexibility index (Phi) is 5.20. The van der Waals surface area contributed by atoms with Gasteiger partial charge >= 0.3 is 0 Å². The molecule has 2 fully saturated rings. The highest BCUT2D eigenvalue weighted by Gasteiger charge is 2.30. The number of furan rings is 1. The molecule has 3 heterocycles. The number of thioether (sulfide) groups is 1. The van der Waals surface area contributed by atoms with Gasteiger partial charge in [-0.15, -0.1) is 10.2 Å². The average Bonchev–Trinajstić information content (AvgIpc) is 3.23. The topological polar surface area (TPSA) is 84.5 Å². The summed E-state index contributed by atoms with van der Waals surface area (Å²) in [7, 11) is 0. The minimum Gasteiger partial charge on any atom is -0.459 e. The van der Waals surface area contributed by atoms with E-state index in [1.807, 2.05) is 4.90 Å². The zero-order chi connectivity index (χ0) is 18.8. The SMILES string of the molecule is CCn1c(SCC(=O)N2CCN(C(=O)c3ccco3)CC2)nnc1C1CC1. The van der Waals surface area contributed by atoms with Crippen LogP contribution in [-0.2, 0) is 11.3 Å². The van der Waals surface area contributed by atoms with Crippen LogP contribution >= 0.6 is 11.8 Å².